The molecule has 11 heteroatoms. The fourth-order valence-corrected chi connectivity index (χ4v) is 4.45. The highest BCUT2D eigenvalue weighted by molar-refractivity contribution is 7.89. The summed E-state index contributed by atoms with van der Waals surface area (Å²) < 4.78 is 28.3. The van der Waals surface area contributed by atoms with Crippen LogP contribution in [0.5, 0.6) is 0 Å². The number of fused-ring (bicyclic) bond motifs is 1. The molecule has 0 aliphatic heterocycles. The second-order valence-electron chi connectivity index (χ2n) is 7.23. The van der Waals surface area contributed by atoms with Crippen LogP contribution in [-0.4, -0.2) is 29.9 Å². The molecule has 1 amide bonds. The molecule has 162 valence electrons. The van der Waals surface area contributed by atoms with Crippen molar-refractivity contribution in [3.8, 4) is 0 Å². The summed E-state index contributed by atoms with van der Waals surface area (Å²) in [7, 11) is -3.54. The van der Waals surface area contributed by atoms with E-state index < -0.39 is 27.0 Å². The van der Waals surface area contributed by atoms with Crippen LogP contribution in [0.25, 0.3) is 11.0 Å². The lowest BCUT2D eigenvalue weighted by Crippen LogP contribution is -2.36. The van der Waals surface area contributed by atoms with Crippen LogP contribution in [0.2, 0.25) is 0 Å². The highest BCUT2D eigenvalue weighted by Gasteiger charge is 2.27. The number of aromatic amines is 1. The van der Waals surface area contributed by atoms with E-state index in [1.165, 1.54) is 22.8 Å². The number of aryl methyl sites for hydroxylation is 1. The van der Waals surface area contributed by atoms with E-state index in [-0.39, 0.29) is 16.5 Å². The molecule has 1 aliphatic rings. The predicted molar refractivity (Wildman–Crippen MR) is 115 cm³/mol. The molecule has 1 fully saturated rings. The van der Waals surface area contributed by atoms with Gasteiger partial charge in [0.15, 0.2) is 0 Å². The molecule has 1 heterocycles. The van der Waals surface area contributed by atoms with Crippen molar-refractivity contribution in [3.63, 3.8) is 0 Å². The first kappa shape index (κ1) is 20.8. The van der Waals surface area contributed by atoms with Gasteiger partial charge in [0.05, 0.1) is 21.6 Å². The minimum Gasteiger partial charge on any atom is -0.316 e. The average Bonchev–Trinajstić information content (AvgIpc) is 3.56. The largest absolute Gasteiger partial charge is 0.316 e. The van der Waals surface area contributed by atoms with Gasteiger partial charge in [0, 0.05) is 18.2 Å². The van der Waals surface area contributed by atoms with Crippen molar-refractivity contribution < 1.29 is 13.2 Å². The van der Waals surface area contributed by atoms with E-state index in [1.807, 2.05) is 0 Å². The highest BCUT2D eigenvalue weighted by atomic mass is 32.2. The van der Waals surface area contributed by atoms with Gasteiger partial charge in [-0.2, -0.15) is 0 Å². The first-order valence-electron chi connectivity index (χ1n) is 9.74. The molecule has 1 aliphatic carbocycles. The lowest BCUT2D eigenvalue weighted by molar-refractivity contribution is 0.0962. The fraction of sp³-hybridized carbons (Fsp3) is 0.250. The average molecular weight is 443 g/mol. The summed E-state index contributed by atoms with van der Waals surface area (Å²) in [5.41, 5.74) is 5.50. The summed E-state index contributed by atoms with van der Waals surface area (Å²) in [5.74, 6) is -0.468. The standard InChI is InChI=1S/C20H21N5O5S/c1-2-25-17-10-3-12(11-16(17)21-19(27)20(25)28)18(26)23-22-13-6-8-15(9-7-13)31(29,30)24-14-4-5-14/h3,6-11,14,22,24H,2,4-5H2,1H3,(H,21,27)(H,23,26). The Kier molecular flexibility index (Phi) is 5.38. The second kappa shape index (κ2) is 8.00. The molecule has 1 saturated carbocycles. The number of aromatic nitrogens is 2. The molecular weight excluding hydrogens is 422 g/mol. The van der Waals surface area contributed by atoms with Crippen LogP contribution in [0.15, 0.2) is 56.9 Å². The van der Waals surface area contributed by atoms with Gasteiger partial charge in [-0.1, -0.05) is 0 Å². The number of carbonyl (C=O) groups excluding carboxylic acids is 1. The SMILES string of the molecule is CCn1c(=O)c(=O)[nH]c2cc(C(=O)NNc3ccc(S(=O)(=O)NC4CC4)cc3)ccc21. The molecule has 0 spiro atoms. The Morgan fingerprint density at radius 2 is 1.84 bits per heavy atom. The highest BCUT2D eigenvalue weighted by Crippen LogP contribution is 2.22. The first-order valence-corrected chi connectivity index (χ1v) is 11.2. The second-order valence-corrected chi connectivity index (χ2v) is 8.95. The normalized spacial score (nSPS) is 13.8. The van der Waals surface area contributed by atoms with Crippen molar-refractivity contribution in [1.29, 1.82) is 0 Å². The molecule has 10 nitrogen and oxygen atoms in total. The third-order valence-corrected chi connectivity index (χ3v) is 6.47. The van der Waals surface area contributed by atoms with Crippen LogP contribution in [0.4, 0.5) is 5.69 Å². The molecule has 0 radical (unpaired) electrons. The number of H-pyrrole nitrogens is 1. The summed E-state index contributed by atoms with van der Waals surface area (Å²) in [6.07, 6.45) is 1.70. The van der Waals surface area contributed by atoms with Gasteiger partial charge in [-0.15, -0.1) is 0 Å². The number of carbonyl (C=O) groups is 1. The van der Waals surface area contributed by atoms with E-state index >= 15 is 0 Å². The molecule has 2 aromatic carbocycles. The van der Waals surface area contributed by atoms with Gasteiger partial charge in [0.25, 0.3) is 5.91 Å². The minimum atomic E-state index is -3.54. The summed E-state index contributed by atoms with van der Waals surface area (Å²) in [5, 5.41) is 0. The number of nitrogens with zero attached hydrogens (tertiary/aromatic N) is 1. The summed E-state index contributed by atoms with van der Waals surface area (Å²) in [4.78, 5) is 38.9. The van der Waals surface area contributed by atoms with Gasteiger partial charge >= 0.3 is 11.1 Å². The molecule has 0 atom stereocenters. The number of benzene rings is 2. The molecule has 4 rings (SSSR count). The number of rotatable bonds is 7. The van der Waals surface area contributed by atoms with Gasteiger partial charge < -0.3 is 9.55 Å². The maximum atomic E-state index is 12.5. The number of hydrogen-bond donors (Lipinski definition) is 4. The van der Waals surface area contributed by atoms with Crippen LogP contribution in [-0.2, 0) is 16.6 Å². The van der Waals surface area contributed by atoms with Crippen LogP contribution < -0.4 is 26.7 Å². The number of anilines is 1. The zero-order valence-electron chi connectivity index (χ0n) is 16.6. The smallest absolute Gasteiger partial charge is 0.316 e. The van der Waals surface area contributed by atoms with E-state index in [9.17, 15) is 22.8 Å². The molecule has 0 unspecified atom stereocenters. The van der Waals surface area contributed by atoms with Crippen molar-refractivity contribution in [2.24, 2.45) is 0 Å². The van der Waals surface area contributed by atoms with E-state index in [0.29, 0.717) is 23.3 Å². The van der Waals surface area contributed by atoms with Gasteiger partial charge in [0.2, 0.25) is 10.0 Å². The van der Waals surface area contributed by atoms with E-state index in [2.05, 4.69) is 20.6 Å². The predicted octanol–water partition coefficient (Wildman–Crippen LogP) is 0.907. The van der Waals surface area contributed by atoms with Gasteiger partial charge in [-0.3, -0.25) is 25.2 Å². The zero-order chi connectivity index (χ0) is 22.2. The van der Waals surface area contributed by atoms with E-state index in [4.69, 9.17) is 0 Å². The number of amides is 1. The van der Waals surface area contributed by atoms with Crippen molar-refractivity contribution in [3.05, 3.63) is 68.7 Å². The molecule has 0 saturated heterocycles. The third kappa shape index (κ3) is 4.37. The van der Waals surface area contributed by atoms with Crippen molar-refractivity contribution >= 4 is 32.7 Å². The molecule has 3 aromatic rings. The number of hydrazine groups is 1. The van der Waals surface area contributed by atoms with Crippen molar-refractivity contribution in [1.82, 2.24) is 19.7 Å². The Labute approximate surface area is 177 Å². The molecule has 4 N–H and O–H groups in total. The molecule has 31 heavy (non-hydrogen) atoms. The molecule has 1 aromatic heterocycles. The van der Waals surface area contributed by atoms with Crippen molar-refractivity contribution in [2.75, 3.05) is 5.43 Å². The number of sulfonamides is 1. The number of hydrogen-bond acceptors (Lipinski definition) is 6. The van der Waals surface area contributed by atoms with Gasteiger partial charge in [0.1, 0.15) is 0 Å². The van der Waals surface area contributed by atoms with Crippen LogP contribution >= 0.6 is 0 Å². The summed E-state index contributed by atoms with van der Waals surface area (Å²) in [6.45, 7) is 2.08. The van der Waals surface area contributed by atoms with E-state index in [0.717, 1.165) is 12.8 Å². The summed E-state index contributed by atoms with van der Waals surface area (Å²) in [6, 6.07) is 10.6. The van der Waals surface area contributed by atoms with E-state index in [1.54, 1.807) is 31.2 Å². The Bertz CT molecular complexity index is 1370. The lowest BCUT2D eigenvalue weighted by Gasteiger charge is -2.11. The quantitative estimate of drug-likeness (QED) is 0.316. The fourth-order valence-electron chi connectivity index (χ4n) is 3.14. The van der Waals surface area contributed by atoms with Crippen LogP contribution in [0.3, 0.4) is 0 Å². The summed E-state index contributed by atoms with van der Waals surface area (Å²) >= 11 is 0. The zero-order valence-corrected chi connectivity index (χ0v) is 17.5. The Morgan fingerprint density at radius 3 is 2.48 bits per heavy atom. The maximum Gasteiger partial charge on any atom is 0.316 e. The minimum absolute atomic E-state index is 0.0195. The molecule has 0 bridgehead atoms. The third-order valence-electron chi connectivity index (χ3n) is 4.94. The topological polar surface area (TPSA) is 142 Å². The van der Waals surface area contributed by atoms with Crippen molar-refractivity contribution in [2.45, 2.75) is 37.2 Å². The van der Waals surface area contributed by atoms with Gasteiger partial charge in [-0.25, -0.2) is 13.1 Å². The monoisotopic (exact) mass is 443 g/mol. The Morgan fingerprint density at radius 1 is 1.13 bits per heavy atom. The first-order chi connectivity index (χ1) is 14.8. The Hall–Kier alpha value is -3.44. The van der Waals surface area contributed by atoms with Crippen LogP contribution in [0, 0.1) is 0 Å². The lowest BCUT2D eigenvalue weighted by atomic mass is 10.2. The van der Waals surface area contributed by atoms with Crippen LogP contribution in [0.1, 0.15) is 30.1 Å². The number of nitrogens with one attached hydrogen (secondary N) is 4. The maximum absolute atomic E-state index is 12.5. The van der Waals surface area contributed by atoms with Gasteiger partial charge in [-0.05, 0) is 62.2 Å². The molecular formula is C20H21N5O5S. The Balaban J connectivity index is 1.47.